The Morgan fingerprint density at radius 2 is 2.43 bits per heavy atom. The van der Waals surface area contributed by atoms with Crippen LogP contribution in [0.3, 0.4) is 0 Å². The van der Waals surface area contributed by atoms with E-state index in [1.807, 2.05) is 19.9 Å². The number of aromatic nitrogens is 1. The highest BCUT2D eigenvalue weighted by atomic mass is 79.9. The van der Waals surface area contributed by atoms with E-state index in [4.69, 9.17) is 6.42 Å². The molecule has 0 amide bonds. The summed E-state index contributed by atoms with van der Waals surface area (Å²) in [4.78, 5) is 4.23. The normalized spacial score (nSPS) is 11.9. The largest absolute Gasteiger partial charge is 0.366 e. The Kier molecular flexibility index (Phi) is 3.97. The maximum atomic E-state index is 5.23. The van der Waals surface area contributed by atoms with Crippen LogP contribution < -0.4 is 5.32 Å². The maximum Gasteiger partial charge on any atom is 0.140 e. The topological polar surface area (TPSA) is 24.9 Å². The Bertz CT molecular complexity index is 355. The number of terminal acetylenes is 1. The highest BCUT2D eigenvalue weighted by Crippen LogP contribution is 2.23. The zero-order valence-corrected chi connectivity index (χ0v) is 9.93. The van der Waals surface area contributed by atoms with E-state index in [-0.39, 0.29) is 6.04 Å². The van der Waals surface area contributed by atoms with Gasteiger partial charge in [-0.05, 0) is 41.4 Å². The number of hydrogen-bond donors (Lipinski definition) is 1. The van der Waals surface area contributed by atoms with E-state index in [1.165, 1.54) is 0 Å². The Morgan fingerprint density at radius 1 is 1.71 bits per heavy atom. The monoisotopic (exact) mass is 252 g/mol. The summed E-state index contributed by atoms with van der Waals surface area (Å²) >= 11 is 3.48. The van der Waals surface area contributed by atoms with Crippen molar-refractivity contribution in [2.24, 2.45) is 0 Å². The van der Waals surface area contributed by atoms with Gasteiger partial charge < -0.3 is 5.32 Å². The number of aryl methyl sites for hydroxylation is 1. The molecule has 0 bridgehead atoms. The molecule has 14 heavy (non-hydrogen) atoms. The third-order valence-electron chi connectivity index (χ3n) is 1.89. The first-order chi connectivity index (χ1) is 6.65. The van der Waals surface area contributed by atoms with Crippen LogP contribution in [0, 0.1) is 19.3 Å². The summed E-state index contributed by atoms with van der Waals surface area (Å²) in [6.45, 7) is 4.07. The van der Waals surface area contributed by atoms with Crippen LogP contribution in [-0.4, -0.2) is 11.0 Å². The fourth-order valence-electron chi connectivity index (χ4n) is 1.10. The maximum absolute atomic E-state index is 5.23. The highest BCUT2D eigenvalue weighted by molar-refractivity contribution is 9.10. The van der Waals surface area contributed by atoms with Crippen molar-refractivity contribution >= 4 is 21.7 Å². The lowest BCUT2D eigenvalue weighted by Gasteiger charge is -2.13. The van der Waals surface area contributed by atoms with Crippen molar-refractivity contribution in [2.45, 2.75) is 26.3 Å². The van der Waals surface area contributed by atoms with Gasteiger partial charge in [0, 0.05) is 18.7 Å². The third-order valence-corrected chi connectivity index (χ3v) is 2.89. The molecule has 0 aliphatic heterocycles. The summed E-state index contributed by atoms with van der Waals surface area (Å²) in [6.07, 6.45) is 7.71. The second-order valence-corrected chi connectivity index (χ2v) is 4.04. The van der Waals surface area contributed by atoms with Gasteiger partial charge in [0.15, 0.2) is 0 Å². The van der Waals surface area contributed by atoms with Gasteiger partial charge in [-0.2, -0.15) is 0 Å². The summed E-state index contributed by atoms with van der Waals surface area (Å²) in [6, 6.07) is 2.20. The van der Waals surface area contributed by atoms with Crippen LogP contribution in [0.15, 0.2) is 16.7 Å². The van der Waals surface area contributed by atoms with Crippen LogP contribution in [0.1, 0.15) is 18.9 Å². The van der Waals surface area contributed by atoms with Gasteiger partial charge in [-0.1, -0.05) is 0 Å². The van der Waals surface area contributed by atoms with Crippen LogP contribution in [0.2, 0.25) is 0 Å². The molecular weight excluding hydrogens is 240 g/mol. The first kappa shape index (κ1) is 11.1. The Hall–Kier alpha value is -1.01. The summed E-state index contributed by atoms with van der Waals surface area (Å²) < 4.78 is 1.00. The average molecular weight is 253 g/mol. The van der Waals surface area contributed by atoms with Gasteiger partial charge in [0.1, 0.15) is 5.82 Å². The average Bonchev–Trinajstić information content (AvgIpc) is 2.13. The van der Waals surface area contributed by atoms with E-state index in [0.717, 1.165) is 15.9 Å². The number of nitrogens with zero attached hydrogens (tertiary/aromatic N) is 1. The van der Waals surface area contributed by atoms with Crippen molar-refractivity contribution in [1.82, 2.24) is 4.98 Å². The summed E-state index contributed by atoms with van der Waals surface area (Å²) in [5.74, 6) is 3.47. The number of pyridine rings is 1. The molecule has 1 atom stereocenters. The lowest BCUT2D eigenvalue weighted by Crippen LogP contribution is -2.15. The second-order valence-electron chi connectivity index (χ2n) is 3.24. The first-order valence-corrected chi connectivity index (χ1v) is 5.25. The summed E-state index contributed by atoms with van der Waals surface area (Å²) in [5, 5.41) is 3.25. The van der Waals surface area contributed by atoms with E-state index in [9.17, 15) is 0 Å². The number of anilines is 1. The molecule has 74 valence electrons. The van der Waals surface area contributed by atoms with Crippen LogP contribution in [0.4, 0.5) is 5.82 Å². The van der Waals surface area contributed by atoms with Crippen LogP contribution in [0.25, 0.3) is 0 Å². The predicted molar refractivity (Wildman–Crippen MR) is 63.2 cm³/mol. The molecule has 0 aromatic carbocycles. The van der Waals surface area contributed by atoms with Crippen LogP contribution in [0.5, 0.6) is 0 Å². The van der Waals surface area contributed by atoms with E-state index >= 15 is 0 Å². The molecular formula is C11H13BrN2. The quantitative estimate of drug-likeness (QED) is 0.837. The first-order valence-electron chi connectivity index (χ1n) is 4.46. The molecule has 0 saturated carbocycles. The zero-order chi connectivity index (χ0) is 10.6. The lowest BCUT2D eigenvalue weighted by atomic mass is 10.2. The van der Waals surface area contributed by atoms with Gasteiger partial charge in [-0.3, -0.25) is 0 Å². The van der Waals surface area contributed by atoms with Crippen LogP contribution >= 0.6 is 15.9 Å². The molecule has 1 N–H and O–H groups in total. The SMILES string of the molecule is C#CCC(C)Nc1nccc(C)c1Br. The van der Waals surface area contributed by atoms with Crippen molar-refractivity contribution in [1.29, 1.82) is 0 Å². The molecule has 0 spiro atoms. The number of halogens is 1. The van der Waals surface area contributed by atoms with E-state index in [2.05, 4.69) is 32.2 Å². The van der Waals surface area contributed by atoms with Crippen molar-refractivity contribution in [3.8, 4) is 12.3 Å². The van der Waals surface area contributed by atoms with E-state index in [1.54, 1.807) is 6.20 Å². The minimum absolute atomic E-state index is 0.241. The molecule has 0 fully saturated rings. The van der Waals surface area contributed by atoms with E-state index < -0.39 is 0 Å². The number of hydrogen-bond acceptors (Lipinski definition) is 2. The van der Waals surface area contributed by atoms with Gasteiger partial charge >= 0.3 is 0 Å². The molecule has 3 heteroatoms. The molecule has 1 aromatic heterocycles. The Morgan fingerprint density at radius 3 is 3.07 bits per heavy atom. The molecule has 1 rings (SSSR count). The predicted octanol–water partition coefficient (Wildman–Crippen LogP) is 2.98. The minimum Gasteiger partial charge on any atom is -0.366 e. The van der Waals surface area contributed by atoms with Crippen molar-refractivity contribution in [3.63, 3.8) is 0 Å². The molecule has 0 aliphatic rings. The van der Waals surface area contributed by atoms with Gasteiger partial charge in [-0.25, -0.2) is 4.98 Å². The highest BCUT2D eigenvalue weighted by Gasteiger charge is 2.06. The van der Waals surface area contributed by atoms with Gasteiger partial charge in [0.25, 0.3) is 0 Å². The van der Waals surface area contributed by atoms with Crippen LogP contribution in [-0.2, 0) is 0 Å². The minimum atomic E-state index is 0.241. The molecule has 0 saturated heterocycles. The second kappa shape index (κ2) is 5.02. The molecule has 1 heterocycles. The lowest BCUT2D eigenvalue weighted by molar-refractivity contribution is 0.820. The van der Waals surface area contributed by atoms with Crippen molar-refractivity contribution in [3.05, 3.63) is 22.3 Å². The standard InChI is InChI=1S/C11H13BrN2/c1-4-5-9(3)14-11-10(12)8(2)6-7-13-11/h1,6-7,9H,5H2,2-3H3,(H,13,14). The number of nitrogens with one attached hydrogen (secondary N) is 1. The fourth-order valence-corrected chi connectivity index (χ4v) is 1.45. The van der Waals surface area contributed by atoms with Crippen molar-refractivity contribution in [2.75, 3.05) is 5.32 Å². The van der Waals surface area contributed by atoms with E-state index in [0.29, 0.717) is 6.42 Å². The third kappa shape index (κ3) is 2.74. The molecule has 1 unspecified atom stereocenters. The van der Waals surface area contributed by atoms with Crippen molar-refractivity contribution < 1.29 is 0 Å². The number of rotatable bonds is 3. The summed E-state index contributed by atoms with van der Waals surface area (Å²) in [5.41, 5.74) is 1.16. The molecule has 0 radical (unpaired) electrons. The Labute approximate surface area is 93.3 Å². The smallest absolute Gasteiger partial charge is 0.140 e. The zero-order valence-electron chi connectivity index (χ0n) is 8.34. The van der Waals surface area contributed by atoms with Gasteiger partial charge in [0.2, 0.25) is 0 Å². The Balaban J connectivity index is 2.77. The molecule has 0 aliphatic carbocycles. The van der Waals surface area contributed by atoms with Gasteiger partial charge in [0.05, 0.1) is 4.47 Å². The fraction of sp³-hybridized carbons (Fsp3) is 0.364. The molecule has 1 aromatic rings. The summed E-state index contributed by atoms with van der Waals surface area (Å²) in [7, 11) is 0. The van der Waals surface area contributed by atoms with Gasteiger partial charge in [-0.15, -0.1) is 12.3 Å². The molecule has 2 nitrogen and oxygen atoms in total.